The maximum Gasteiger partial charge on any atom is 0.158 e. The Labute approximate surface area is 147 Å². The van der Waals surface area contributed by atoms with Gasteiger partial charge in [0.25, 0.3) is 0 Å². The van der Waals surface area contributed by atoms with Crippen LogP contribution in [0.1, 0.15) is 37.3 Å². The van der Waals surface area contributed by atoms with Crippen molar-refractivity contribution >= 4 is 11.6 Å². The molecule has 25 heavy (non-hydrogen) atoms. The Kier molecular flexibility index (Phi) is 5.10. The van der Waals surface area contributed by atoms with E-state index in [-0.39, 0.29) is 12.6 Å². The van der Waals surface area contributed by atoms with Gasteiger partial charge in [-0.25, -0.2) is 19.9 Å². The van der Waals surface area contributed by atoms with Crippen LogP contribution in [-0.2, 0) is 6.61 Å². The first kappa shape index (κ1) is 17.5. The van der Waals surface area contributed by atoms with E-state index in [2.05, 4.69) is 36.7 Å². The average Bonchev–Trinajstić information content (AvgIpc) is 2.61. The molecule has 8 heteroatoms. The zero-order valence-corrected chi connectivity index (χ0v) is 14.8. The summed E-state index contributed by atoms with van der Waals surface area (Å²) in [5.41, 5.74) is 0.848. The lowest BCUT2D eigenvalue weighted by molar-refractivity contribution is 0.189. The first-order valence-electron chi connectivity index (χ1n) is 8.46. The molecular formula is C17H24N6O2. The van der Waals surface area contributed by atoms with E-state index in [4.69, 9.17) is 0 Å². The number of nitrogens with zero attached hydrogens (tertiary/aromatic N) is 6. The summed E-state index contributed by atoms with van der Waals surface area (Å²) in [6.45, 7) is 7.91. The van der Waals surface area contributed by atoms with Crippen LogP contribution >= 0.6 is 0 Å². The van der Waals surface area contributed by atoms with E-state index in [0.29, 0.717) is 11.6 Å². The molecule has 1 aliphatic rings. The predicted molar refractivity (Wildman–Crippen MR) is 94.4 cm³/mol. The van der Waals surface area contributed by atoms with Crippen molar-refractivity contribution in [2.75, 3.05) is 29.4 Å². The van der Waals surface area contributed by atoms with Crippen LogP contribution in [0.5, 0.6) is 0 Å². The second-order valence-electron chi connectivity index (χ2n) is 6.38. The van der Waals surface area contributed by atoms with Crippen molar-refractivity contribution < 1.29 is 10.2 Å². The molecule has 0 unspecified atom stereocenters. The first-order chi connectivity index (χ1) is 12.0. The summed E-state index contributed by atoms with van der Waals surface area (Å²) >= 11 is 0. The molecular weight excluding hydrogens is 320 g/mol. The normalized spacial score (nSPS) is 19.2. The summed E-state index contributed by atoms with van der Waals surface area (Å²) in [4.78, 5) is 21.6. The fraction of sp³-hybridized carbons (Fsp3) is 0.529. The van der Waals surface area contributed by atoms with Gasteiger partial charge < -0.3 is 20.0 Å². The number of anilines is 2. The molecule has 1 aliphatic heterocycles. The van der Waals surface area contributed by atoms with Crippen LogP contribution in [0.2, 0.25) is 0 Å². The lowest BCUT2D eigenvalue weighted by Crippen LogP contribution is -2.52. The molecule has 0 aliphatic carbocycles. The van der Waals surface area contributed by atoms with E-state index >= 15 is 0 Å². The second-order valence-corrected chi connectivity index (χ2v) is 6.38. The topological polar surface area (TPSA) is 98.5 Å². The third kappa shape index (κ3) is 3.85. The Morgan fingerprint density at radius 3 is 2.72 bits per heavy atom. The van der Waals surface area contributed by atoms with Crippen molar-refractivity contribution in [2.45, 2.75) is 39.5 Å². The second kappa shape index (κ2) is 7.28. The zero-order valence-electron chi connectivity index (χ0n) is 14.8. The molecule has 2 atom stereocenters. The molecule has 0 radical (unpaired) electrons. The van der Waals surface area contributed by atoms with Gasteiger partial charge in [0.15, 0.2) is 11.6 Å². The van der Waals surface area contributed by atoms with Crippen molar-refractivity contribution in [3.63, 3.8) is 0 Å². The molecule has 134 valence electrons. The van der Waals surface area contributed by atoms with Crippen LogP contribution in [0, 0.1) is 6.92 Å². The number of aromatic nitrogens is 4. The van der Waals surface area contributed by atoms with Crippen LogP contribution in [0.4, 0.5) is 11.6 Å². The quantitative estimate of drug-likeness (QED) is 0.842. The Balaban J connectivity index is 1.77. The third-order valence-corrected chi connectivity index (χ3v) is 4.31. The van der Waals surface area contributed by atoms with Gasteiger partial charge in [-0.3, -0.25) is 0 Å². The molecule has 2 N–H and O–H groups in total. The molecule has 1 fully saturated rings. The number of piperazine rings is 1. The van der Waals surface area contributed by atoms with Gasteiger partial charge in [-0.1, -0.05) is 0 Å². The van der Waals surface area contributed by atoms with E-state index in [0.717, 1.165) is 37.0 Å². The number of aliphatic hydroxyl groups is 2. The summed E-state index contributed by atoms with van der Waals surface area (Å²) in [6, 6.07) is 4.04. The number of rotatable bonds is 4. The van der Waals surface area contributed by atoms with Crippen LogP contribution in [0.3, 0.4) is 0 Å². The standard InChI is InChI=1S/C17H24N6O2/c1-11-8-16(20-14(10-24)19-11)23-7-6-22(9-12(23)2)15-4-5-18-17(21-15)13(3)25/h4-5,8,12-13,24-25H,6-7,9-10H2,1-3H3/t12-,13+/m0/s1. The largest absolute Gasteiger partial charge is 0.388 e. The van der Waals surface area contributed by atoms with Gasteiger partial charge in [-0.2, -0.15) is 0 Å². The van der Waals surface area contributed by atoms with Crippen molar-refractivity contribution in [1.29, 1.82) is 0 Å². The molecule has 2 aromatic heterocycles. The van der Waals surface area contributed by atoms with Crippen LogP contribution in [-0.4, -0.2) is 55.8 Å². The summed E-state index contributed by atoms with van der Waals surface area (Å²) in [6.07, 6.45) is 1.00. The highest BCUT2D eigenvalue weighted by Gasteiger charge is 2.26. The van der Waals surface area contributed by atoms with Gasteiger partial charge in [-0.15, -0.1) is 0 Å². The molecule has 0 spiro atoms. The summed E-state index contributed by atoms with van der Waals surface area (Å²) in [5, 5.41) is 19.0. The van der Waals surface area contributed by atoms with E-state index in [9.17, 15) is 10.2 Å². The van der Waals surface area contributed by atoms with Gasteiger partial charge >= 0.3 is 0 Å². The number of aryl methyl sites for hydroxylation is 1. The summed E-state index contributed by atoms with van der Waals surface area (Å²) < 4.78 is 0. The smallest absolute Gasteiger partial charge is 0.158 e. The molecule has 0 bridgehead atoms. The minimum Gasteiger partial charge on any atom is -0.388 e. The molecule has 3 rings (SSSR count). The first-order valence-corrected chi connectivity index (χ1v) is 8.46. The molecule has 8 nitrogen and oxygen atoms in total. The van der Waals surface area contributed by atoms with Crippen molar-refractivity contribution in [1.82, 2.24) is 19.9 Å². The Bertz CT molecular complexity index is 739. The van der Waals surface area contributed by atoms with E-state index < -0.39 is 6.10 Å². The number of hydrogen-bond donors (Lipinski definition) is 2. The zero-order chi connectivity index (χ0) is 18.0. The number of aliphatic hydroxyl groups excluding tert-OH is 2. The Morgan fingerprint density at radius 1 is 1.24 bits per heavy atom. The molecule has 0 saturated carbocycles. The van der Waals surface area contributed by atoms with E-state index in [1.165, 1.54) is 0 Å². The van der Waals surface area contributed by atoms with Crippen molar-refractivity contribution in [3.8, 4) is 0 Å². The van der Waals surface area contributed by atoms with Gasteiger partial charge in [-0.05, 0) is 26.8 Å². The minimum atomic E-state index is -0.681. The van der Waals surface area contributed by atoms with Crippen LogP contribution in [0.15, 0.2) is 18.3 Å². The number of hydrogen-bond acceptors (Lipinski definition) is 8. The Morgan fingerprint density at radius 2 is 2.04 bits per heavy atom. The highest BCUT2D eigenvalue weighted by molar-refractivity contribution is 5.46. The highest BCUT2D eigenvalue weighted by Crippen LogP contribution is 2.23. The van der Waals surface area contributed by atoms with Crippen LogP contribution < -0.4 is 9.80 Å². The maximum atomic E-state index is 9.68. The van der Waals surface area contributed by atoms with Gasteiger partial charge in [0.05, 0.1) is 0 Å². The highest BCUT2D eigenvalue weighted by atomic mass is 16.3. The lowest BCUT2D eigenvalue weighted by atomic mass is 10.2. The average molecular weight is 344 g/mol. The van der Waals surface area contributed by atoms with E-state index in [1.54, 1.807) is 13.1 Å². The van der Waals surface area contributed by atoms with Crippen molar-refractivity contribution in [2.24, 2.45) is 0 Å². The SMILES string of the molecule is Cc1cc(N2CCN(c3ccnc([C@@H](C)O)n3)C[C@@H]2C)nc(CO)n1. The van der Waals surface area contributed by atoms with Gasteiger partial charge in [0.2, 0.25) is 0 Å². The van der Waals surface area contributed by atoms with Gasteiger partial charge in [0, 0.05) is 43.6 Å². The maximum absolute atomic E-state index is 9.68. The minimum absolute atomic E-state index is 0.161. The van der Waals surface area contributed by atoms with Gasteiger partial charge in [0.1, 0.15) is 24.3 Å². The third-order valence-electron chi connectivity index (χ3n) is 4.31. The summed E-state index contributed by atoms with van der Waals surface area (Å²) in [7, 11) is 0. The molecule has 0 aromatic carbocycles. The molecule has 3 heterocycles. The van der Waals surface area contributed by atoms with E-state index in [1.807, 2.05) is 19.1 Å². The molecule has 1 saturated heterocycles. The lowest BCUT2D eigenvalue weighted by Gasteiger charge is -2.41. The fourth-order valence-electron chi connectivity index (χ4n) is 3.08. The van der Waals surface area contributed by atoms with Crippen LogP contribution in [0.25, 0.3) is 0 Å². The molecule has 0 amide bonds. The fourth-order valence-corrected chi connectivity index (χ4v) is 3.08. The van der Waals surface area contributed by atoms with Crippen molar-refractivity contribution in [3.05, 3.63) is 35.7 Å². The predicted octanol–water partition coefficient (Wildman–Crippen LogP) is 0.836. The monoisotopic (exact) mass is 344 g/mol. The molecule has 2 aromatic rings. The Hall–Kier alpha value is -2.32. The summed E-state index contributed by atoms with van der Waals surface area (Å²) in [5.74, 6) is 2.55.